The van der Waals surface area contributed by atoms with Gasteiger partial charge in [0.25, 0.3) is 0 Å². The third-order valence-corrected chi connectivity index (χ3v) is 14.0. The van der Waals surface area contributed by atoms with E-state index in [-0.39, 0.29) is 49.0 Å². The molecule has 62 heavy (non-hydrogen) atoms. The van der Waals surface area contributed by atoms with Crippen LogP contribution in [0, 0.1) is 17.8 Å². The molecular formula is C45H79ClN4O12. The number of pyridine rings is 1. The summed E-state index contributed by atoms with van der Waals surface area (Å²) in [6.07, 6.45) is -4.96. The molecule has 3 aliphatic heterocycles. The van der Waals surface area contributed by atoms with Crippen molar-refractivity contribution in [2.45, 2.75) is 198 Å². The van der Waals surface area contributed by atoms with Gasteiger partial charge in [-0.15, -0.1) is 0 Å². The van der Waals surface area contributed by atoms with Gasteiger partial charge in [0.05, 0.1) is 42.0 Å². The molecule has 0 bridgehead atoms. The van der Waals surface area contributed by atoms with Crippen LogP contribution in [-0.4, -0.2) is 155 Å². The van der Waals surface area contributed by atoms with Crippen molar-refractivity contribution < 1.29 is 58.4 Å². The van der Waals surface area contributed by atoms with Crippen LogP contribution < -0.4 is 20.7 Å². The van der Waals surface area contributed by atoms with Crippen molar-refractivity contribution in [3.8, 4) is 5.75 Å². The fourth-order valence-electron chi connectivity index (χ4n) is 9.73. The standard InChI is InChI=1S/C45H79ClN4O12/c1-14-18-48-24-45(55)30(8)58-34(22-43(45,10)56-13)61-35-27(5)38(62-41-36(31(47-12)20-26(4)57-41)59-32-17-16-19-49-39(32)46)42(9,53)21-25(3)23-50-29(7)37(51)44(11,54)33(15-2)60-40(52)28(35)6/h16-17,19,25-31,33-38,41,47-48,50-51,53-55H,14-15,18,20-24H2,1-13H3/t25-,26-,27+,28-,29-,30+,31+,33-,34+,35+,36-,37-,38-,41+,42-,43-,44-,45+/m1/s1. The third kappa shape index (κ3) is 12.0. The lowest BCUT2D eigenvalue weighted by molar-refractivity contribution is -0.335. The quantitative estimate of drug-likeness (QED) is 0.0855. The van der Waals surface area contributed by atoms with E-state index in [1.807, 2.05) is 41.7 Å². The second kappa shape index (κ2) is 22.1. The van der Waals surface area contributed by atoms with Crippen molar-refractivity contribution in [3.05, 3.63) is 23.5 Å². The summed E-state index contributed by atoms with van der Waals surface area (Å²) >= 11 is 6.50. The van der Waals surface area contributed by atoms with E-state index in [0.717, 1.165) is 6.42 Å². The van der Waals surface area contributed by atoms with Gasteiger partial charge in [-0.3, -0.25) is 4.79 Å². The number of ether oxygens (including phenoxy) is 7. The molecular weight excluding hydrogens is 824 g/mol. The lowest BCUT2D eigenvalue weighted by Gasteiger charge is -2.53. The minimum absolute atomic E-state index is 0.0824. The second-order valence-electron chi connectivity index (χ2n) is 18.9. The first kappa shape index (κ1) is 52.9. The number of halogens is 1. The Bertz CT molecular complexity index is 1560. The van der Waals surface area contributed by atoms with Crippen LogP contribution in [0.4, 0.5) is 0 Å². The molecule has 18 atom stereocenters. The average Bonchev–Trinajstić information content (AvgIpc) is 3.22. The molecule has 3 aliphatic rings. The van der Waals surface area contributed by atoms with E-state index in [9.17, 15) is 25.2 Å². The van der Waals surface area contributed by atoms with Crippen LogP contribution in [0.25, 0.3) is 0 Å². The number of carbonyl (C=O) groups is 1. The van der Waals surface area contributed by atoms with Gasteiger partial charge in [0, 0.05) is 38.2 Å². The molecule has 4 heterocycles. The highest BCUT2D eigenvalue weighted by molar-refractivity contribution is 6.30. The number of likely N-dealkylation sites (N-methyl/N-ethyl adjacent to an activating group) is 1. The molecule has 0 spiro atoms. The Kier molecular flexibility index (Phi) is 18.9. The summed E-state index contributed by atoms with van der Waals surface area (Å²) in [5.41, 5.74) is -6.04. The highest BCUT2D eigenvalue weighted by Gasteiger charge is 2.58. The first-order valence-corrected chi connectivity index (χ1v) is 23.0. The molecule has 0 amide bonds. The van der Waals surface area contributed by atoms with Crippen molar-refractivity contribution in [2.24, 2.45) is 17.8 Å². The third-order valence-electron chi connectivity index (χ3n) is 13.7. The average molecular weight is 904 g/mol. The normalized spacial score (nSPS) is 44.2. The van der Waals surface area contributed by atoms with Gasteiger partial charge in [0.15, 0.2) is 29.6 Å². The molecule has 0 radical (unpaired) electrons. The molecule has 7 N–H and O–H groups in total. The van der Waals surface area contributed by atoms with Gasteiger partial charge in [0.1, 0.15) is 29.0 Å². The predicted molar refractivity (Wildman–Crippen MR) is 235 cm³/mol. The molecule has 0 aromatic carbocycles. The number of esters is 1. The van der Waals surface area contributed by atoms with Gasteiger partial charge in [-0.05, 0) is 112 Å². The molecule has 3 saturated heterocycles. The molecule has 3 fully saturated rings. The molecule has 16 nitrogen and oxygen atoms in total. The SMILES string of the molecule is CCCNC[C@]1(O)[C@H](C)O[C@@H](O[C@H]2[C@H](C)[C@@H](O[C@@H]3O[C@H](C)C[C@H](NC)[C@H]3Oc3cccnc3Cl)[C@](C)(O)C[C@@H](C)CN[C@H](C)[C@@H](O)[C@](C)(O)[C@@H](CC)OC(=O)[C@@H]2C)C[C@@]1(C)OC. The Morgan fingerprint density at radius 1 is 1.02 bits per heavy atom. The molecule has 0 saturated carbocycles. The van der Waals surface area contributed by atoms with E-state index in [1.165, 1.54) is 14.0 Å². The van der Waals surface area contributed by atoms with Crippen molar-refractivity contribution in [1.29, 1.82) is 0 Å². The maximum Gasteiger partial charge on any atom is 0.311 e. The van der Waals surface area contributed by atoms with Crippen LogP contribution in [0.3, 0.4) is 0 Å². The first-order chi connectivity index (χ1) is 29.0. The van der Waals surface area contributed by atoms with E-state index < -0.39 is 95.5 Å². The summed E-state index contributed by atoms with van der Waals surface area (Å²) in [4.78, 5) is 18.7. The largest absolute Gasteiger partial charge is 0.480 e. The number of aromatic nitrogens is 1. The van der Waals surface area contributed by atoms with Crippen LogP contribution in [0.2, 0.25) is 5.15 Å². The monoisotopic (exact) mass is 903 g/mol. The summed E-state index contributed by atoms with van der Waals surface area (Å²) < 4.78 is 45.7. The molecule has 4 rings (SSSR count). The molecule has 0 unspecified atom stereocenters. The van der Waals surface area contributed by atoms with Gasteiger partial charge < -0.3 is 69.5 Å². The van der Waals surface area contributed by atoms with Gasteiger partial charge in [-0.1, -0.05) is 39.3 Å². The molecule has 1 aromatic heterocycles. The van der Waals surface area contributed by atoms with Crippen LogP contribution in [0.5, 0.6) is 5.75 Å². The van der Waals surface area contributed by atoms with Crippen LogP contribution >= 0.6 is 11.6 Å². The predicted octanol–water partition coefficient (Wildman–Crippen LogP) is 3.72. The fourth-order valence-corrected chi connectivity index (χ4v) is 9.89. The Balaban J connectivity index is 1.85. The molecule has 0 aliphatic carbocycles. The highest BCUT2D eigenvalue weighted by Crippen LogP contribution is 2.43. The number of hydrogen-bond donors (Lipinski definition) is 7. The van der Waals surface area contributed by atoms with E-state index in [2.05, 4.69) is 20.9 Å². The number of hydrogen-bond acceptors (Lipinski definition) is 16. The summed E-state index contributed by atoms with van der Waals surface area (Å²) in [5.74, 6) is -2.40. The number of methoxy groups -OCH3 is 1. The Hall–Kier alpha value is -1.77. The number of nitrogens with one attached hydrogen (secondary N) is 3. The van der Waals surface area contributed by atoms with Crippen LogP contribution in [0.1, 0.15) is 108 Å². The topological polar surface area (TPSA) is 212 Å². The number of nitrogens with zero attached hydrogens (tertiary/aromatic N) is 1. The zero-order valence-electron chi connectivity index (χ0n) is 39.4. The minimum atomic E-state index is -1.83. The first-order valence-electron chi connectivity index (χ1n) is 22.6. The van der Waals surface area contributed by atoms with Crippen molar-refractivity contribution in [2.75, 3.05) is 33.8 Å². The van der Waals surface area contributed by atoms with Gasteiger partial charge >= 0.3 is 5.97 Å². The van der Waals surface area contributed by atoms with Crippen LogP contribution in [-0.2, 0) is 33.2 Å². The lowest BCUT2D eigenvalue weighted by atomic mass is 9.75. The summed E-state index contributed by atoms with van der Waals surface area (Å²) in [6, 6.07) is 2.55. The summed E-state index contributed by atoms with van der Waals surface area (Å²) in [7, 11) is 3.37. The van der Waals surface area contributed by atoms with E-state index >= 15 is 0 Å². The smallest absolute Gasteiger partial charge is 0.311 e. The minimum Gasteiger partial charge on any atom is -0.480 e. The number of rotatable bonds is 13. The van der Waals surface area contributed by atoms with Gasteiger partial charge in [-0.25, -0.2) is 4.98 Å². The Morgan fingerprint density at radius 2 is 1.71 bits per heavy atom. The zero-order chi connectivity index (χ0) is 46.4. The Morgan fingerprint density at radius 3 is 2.32 bits per heavy atom. The Labute approximate surface area is 374 Å². The summed E-state index contributed by atoms with van der Waals surface area (Å²) in [5, 5.41) is 58.3. The molecule has 1 aromatic rings. The van der Waals surface area contributed by atoms with E-state index in [4.69, 9.17) is 44.8 Å². The number of aliphatic hydroxyl groups is 4. The maximum absolute atomic E-state index is 14.5. The number of aliphatic hydroxyl groups excluding tert-OH is 1. The van der Waals surface area contributed by atoms with E-state index in [1.54, 1.807) is 52.9 Å². The molecule has 17 heteroatoms. The highest BCUT2D eigenvalue weighted by atomic mass is 35.5. The lowest BCUT2D eigenvalue weighted by Crippen LogP contribution is -2.70. The van der Waals surface area contributed by atoms with Crippen molar-refractivity contribution >= 4 is 17.6 Å². The number of carbonyl (C=O) groups excluding carboxylic acids is 1. The summed E-state index contributed by atoms with van der Waals surface area (Å²) in [6.45, 7) is 21.0. The van der Waals surface area contributed by atoms with Gasteiger partial charge in [0.2, 0.25) is 0 Å². The van der Waals surface area contributed by atoms with Crippen molar-refractivity contribution in [3.63, 3.8) is 0 Å². The van der Waals surface area contributed by atoms with Crippen molar-refractivity contribution in [1.82, 2.24) is 20.9 Å². The number of cyclic esters (lactones) is 1. The van der Waals surface area contributed by atoms with E-state index in [0.29, 0.717) is 25.3 Å². The second-order valence-corrected chi connectivity index (χ2v) is 19.3. The zero-order valence-corrected chi connectivity index (χ0v) is 40.1. The maximum atomic E-state index is 14.5. The fraction of sp³-hybridized carbons (Fsp3) is 0.867. The molecule has 358 valence electrons. The van der Waals surface area contributed by atoms with Gasteiger partial charge in [-0.2, -0.15) is 0 Å². The van der Waals surface area contributed by atoms with Crippen LogP contribution in [0.15, 0.2) is 18.3 Å².